The highest BCUT2D eigenvalue weighted by Gasteiger charge is 2.52. The second-order valence-corrected chi connectivity index (χ2v) is 6.36. The first-order valence-corrected chi connectivity index (χ1v) is 7.67. The summed E-state index contributed by atoms with van der Waals surface area (Å²) < 4.78 is 5.33. The Morgan fingerprint density at radius 3 is 2.73 bits per heavy atom. The van der Waals surface area contributed by atoms with E-state index in [-0.39, 0.29) is 17.7 Å². The summed E-state index contributed by atoms with van der Waals surface area (Å²) in [6.07, 6.45) is 1.30. The Morgan fingerprint density at radius 2 is 2.18 bits per heavy atom. The number of thiocarbonyl (C=S) groups is 1. The second kappa shape index (κ2) is 5.58. The molecule has 0 bridgehead atoms. The summed E-state index contributed by atoms with van der Waals surface area (Å²) >= 11 is 4.96. The smallest absolute Gasteiger partial charge is 0.414 e. The van der Waals surface area contributed by atoms with Crippen LogP contribution < -0.4 is 10.2 Å². The molecule has 22 heavy (non-hydrogen) atoms. The van der Waals surface area contributed by atoms with Gasteiger partial charge in [-0.3, -0.25) is 4.90 Å². The summed E-state index contributed by atoms with van der Waals surface area (Å²) in [4.78, 5) is 18.0. The third kappa shape index (κ3) is 2.77. The van der Waals surface area contributed by atoms with Crippen LogP contribution in [-0.4, -0.2) is 30.3 Å². The number of carbonyl (C=O) groups is 1. The first kappa shape index (κ1) is 14.8. The van der Waals surface area contributed by atoms with E-state index in [0.717, 1.165) is 24.1 Å². The highest BCUT2D eigenvalue weighted by Crippen LogP contribution is 2.49. The predicted molar refractivity (Wildman–Crippen MR) is 87.8 cm³/mol. The number of nitrogens with one attached hydrogen (secondary N) is 1. The van der Waals surface area contributed by atoms with Crippen molar-refractivity contribution in [1.29, 1.82) is 0 Å². The molecule has 1 aromatic carbocycles. The molecule has 1 saturated heterocycles. The number of hydrogen-bond acceptors (Lipinski definition) is 3. The van der Waals surface area contributed by atoms with Gasteiger partial charge in [0.15, 0.2) is 0 Å². The van der Waals surface area contributed by atoms with E-state index in [9.17, 15) is 4.79 Å². The van der Waals surface area contributed by atoms with Gasteiger partial charge in [0, 0.05) is 24.1 Å². The molecule has 1 aliphatic heterocycles. The fourth-order valence-corrected chi connectivity index (χ4v) is 2.71. The molecule has 0 unspecified atom stereocenters. The number of carbonyl (C=O) groups excluding carboxylic acids is 1. The van der Waals surface area contributed by atoms with Crippen LogP contribution in [0.15, 0.2) is 24.3 Å². The minimum Gasteiger partial charge on any atom is -0.442 e. The van der Waals surface area contributed by atoms with Crippen LogP contribution in [0.3, 0.4) is 0 Å². The van der Waals surface area contributed by atoms with Crippen molar-refractivity contribution in [1.82, 2.24) is 5.32 Å². The summed E-state index contributed by atoms with van der Waals surface area (Å²) in [6.45, 7) is 10.1. The Labute approximate surface area is 135 Å². The number of anilines is 1. The number of benzene rings is 1. The molecule has 5 nitrogen and oxygen atoms in total. The molecule has 2 fully saturated rings. The zero-order valence-electron chi connectivity index (χ0n) is 12.3. The largest absolute Gasteiger partial charge is 0.442 e. The van der Waals surface area contributed by atoms with Crippen LogP contribution in [0.4, 0.5) is 10.5 Å². The lowest BCUT2D eigenvalue weighted by Gasteiger charge is -2.14. The van der Waals surface area contributed by atoms with Crippen molar-refractivity contribution in [2.45, 2.75) is 31.4 Å². The van der Waals surface area contributed by atoms with Gasteiger partial charge in [-0.1, -0.05) is 12.2 Å². The van der Waals surface area contributed by atoms with E-state index in [2.05, 4.69) is 10.2 Å². The van der Waals surface area contributed by atoms with Crippen LogP contribution in [0.1, 0.15) is 25.3 Å². The van der Waals surface area contributed by atoms with Gasteiger partial charge in [-0.05, 0) is 31.2 Å². The van der Waals surface area contributed by atoms with E-state index >= 15 is 0 Å². The van der Waals surface area contributed by atoms with Crippen LogP contribution >= 0.6 is 12.2 Å². The molecular formula is C16H17N3O2S. The minimum absolute atomic E-state index is 0.205. The van der Waals surface area contributed by atoms with Gasteiger partial charge in [0.2, 0.25) is 0 Å². The molecule has 1 heterocycles. The van der Waals surface area contributed by atoms with Gasteiger partial charge in [0.1, 0.15) is 6.10 Å². The van der Waals surface area contributed by atoms with E-state index in [1.54, 1.807) is 11.8 Å². The van der Waals surface area contributed by atoms with Crippen LogP contribution in [0.2, 0.25) is 0 Å². The Hall–Kier alpha value is -2.13. The molecule has 1 amide bonds. The molecule has 0 aromatic heterocycles. The molecule has 1 atom stereocenters. The third-order valence-electron chi connectivity index (χ3n) is 4.11. The van der Waals surface area contributed by atoms with Gasteiger partial charge in [-0.25, -0.2) is 11.4 Å². The first-order valence-electron chi connectivity index (χ1n) is 7.26. The van der Waals surface area contributed by atoms with Gasteiger partial charge in [0.25, 0.3) is 5.54 Å². The van der Waals surface area contributed by atoms with E-state index in [0.29, 0.717) is 18.1 Å². The van der Waals surface area contributed by atoms with Gasteiger partial charge < -0.3 is 14.9 Å². The average Bonchev–Trinajstić information content (AvgIpc) is 3.23. The second-order valence-electron chi connectivity index (χ2n) is 5.74. The highest BCUT2D eigenvalue weighted by molar-refractivity contribution is 7.80. The van der Waals surface area contributed by atoms with Crippen molar-refractivity contribution < 1.29 is 9.53 Å². The molecule has 1 aliphatic carbocycles. The summed E-state index contributed by atoms with van der Waals surface area (Å²) in [5.74, 6) is 0. The fourth-order valence-electron chi connectivity index (χ4n) is 2.63. The molecule has 1 saturated carbocycles. The van der Waals surface area contributed by atoms with E-state index in [1.807, 2.05) is 24.3 Å². The lowest BCUT2D eigenvalue weighted by atomic mass is 10.1. The highest BCUT2D eigenvalue weighted by atomic mass is 32.1. The topological polar surface area (TPSA) is 45.9 Å². The van der Waals surface area contributed by atoms with Gasteiger partial charge in [-0.2, -0.15) is 0 Å². The van der Waals surface area contributed by atoms with Crippen molar-refractivity contribution >= 4 is 29.0 Å². The number of amides is 1. The van der Waals surface area contributed by atoms with E-state index < -0.39 is 0 Å². The van der Waals surface area contributed by atoms with Gasteiger partial charge >= 0.3 is 6.09 Å². The molecule has 114 valence electrons. The monoisotopic (exact) mass is 315 g/mol. The fraction of sp³-hybridized carbons (Fsp3) is 0.438. The lowest BCUT2D eigenvalue weighted by molar-refractivity contribution is 0.143. The number of rotatable bonds is 4. The van der Waals surface area contributed by atoms with Crippen LogP contribution in [0.25, 0.3) is 4.85 Å². The Bertz CT molecular complexity index is 646. The van der Waals surface area contributed by atoms with Crippen molar-refractivity contribution in [3.63, 3.8) is 0 Å². The molecule has 0 radical (unpaired) electrons. The van der Waals surface area contributed by atoms with Crippen molar-refractivity contribution in [3.8, 4) is 0 Å². The summed E-state index contributed by atoms with van der Waals surface area (Å²) in [5.41, 5.74) is 1.53. The van der Waals surface area contributed by atoms with Crippen LogP contribution in [0.5, 0.6) is 0 Å². The summed E-state index contributed by atoms with van der Waals surface area (Å²) in [7, 11) is 0. The Morgan fingerprint density at radius 1 is 1.50 bits per heavy atom. The van der Waals surface area contributed by atoms with Crippen LogP contribution in [-0.2, 0) is 10.3 Å². The van der Waals surface area contributed by atoms with Gasteiger partial charge in [-0.15, -0.1) is 0 Å². The standard InChI is InChI=1S/C16H17N3O2S/c1-11(22)18-9-14-10-19(15(20)21-14)13-5-3-12(4-6-13)16(17-2)7-8-16/h3-6,14H,7-10H2,1H3,(H,18,22)/t14-/m0/s1. The molecule has 6 heteroatoms. The maximum absolute atomic E-state index is 12.0. The lowest BCUT2D eigenvalue weighted by Crippen LogP contribution is -2.32. The number of cyclic esters (lactones) is 1. The molecule has 1 aromatic rings. The molecule has 1 N–H and O–H groups in total. The van der Waals surface area contributed by atoms with Crippen molar-refractivity contribution in [2.24, 2.45) is 0 Å². The maximum atomic E-state index is 12.0. The average molecular weight is 315 g/mol. The third-order valence-corrected chi connectivity index (χ3v) is 4.25. The first-order chi connectivity index (χ1) is 10.5. The normalized spacial score (nSPS) is 21.9. The molecular weight excluding hydrogens is 298 g/mol. The maximum Gasteiger partial charge on any atom is 0.414 e. The SMILES string of the molecule is [C-]#[N+]C1(c2ccc(N3C[C@H](CNC(C)=S)OC3=O)cc2)CC1. The number of ether oxygens (including phenoxy) is 1. The van der Waals surface area contributed by atoms with Crippen LogP contribution in [0, 0.1) is 6.57 Å². The predicted octanol–water partition coefficient (Wildman–Crippen LogP) is 2.86. The molecule has 0 spiro atoms. The van der Waals surface area contributed by atoms with E-state index in [1.165, 1.54) is 0 Å². The van der Waals surface area contributed by atoms with E-state index in [4.69, 9.17) is 23.5 Å². The molecule has 2 aliphatic rings. The number of hydrogen-bond donors (Lipinski definition) is 1. The number of nitrogens with zero attached hydrogens (tertiary/aromatic N) is 2. The quantitative estimate of drug-likeness (QED) is 0.685. The van der Waals surface area contributed by atoms with Crippen molar-refractivity contribution in [2.75, 3.05) is 18.0 Å². The summed E-state index contributed by atoms with van der Waals surface area (Å²) in [5, 5.41) is 3.02. The minimum atomic E-state index is -0.340. The Balaban J connectivity index is 1.68. The zero-order valence-corrected chi connectivity index (χ0v) is 13.2. The van der Waals surface area contributed by atoms with Gasteiger partial charge in [0.05, 0.1) is 18.1 Å². The van der Waals surface area contributed by atoms with Crippen molar-refractivity contribution in [3.05, 3.63) is 41.2 Å². The summed E-state index contributed by atoms with van der Waals surface area (Å²) in [6, 6.07) is 7.67. The Kier molecular flexibility index (Phi) is 3.75. The zero-order chi connectivity index (χ0) is 15.7. The molecule has 3 rings (SSSR count).